The van der Waals surface area contributed by atoms with Crippen molar-refractivity contribution in [2.24, 2.45) is 0 Å². The highest BCUT2D eigenvalue weighted by atomic mass is 16.5. The van der Waals surface area contributed by atoms with Crippen molar-refractivity contribution in [2.75, 3.05) is 39.4 Å². The molecule has 4 rings (SSSR count). The molecule has 25 heavy (non-hydrogen) atoms. The van der Waals surface area contributed by atoms with Gasteiger partial charge in [0.2, 0.25) is 0 Å². The highest BCUT2D eigenvalue weighted by Gasteiger charge is 2.26. The van der Waals surface area contributed by atoms with Crippen LogP contribution in [-0.2, 0) is 11.3 Å². The molecule has 0 unspecified atom stereocenters. The lowest BCUT2D eigenvalue weighted by Gasteiger charge is -2.41. The van der Waals surface area contributed by atoms with E-state index in [1.807, 2.05) is 0 Å². The van der Waals surface area contributed by atoms with E-state index in [-0.39, 0.29) is 0 Å². The Hall–Kier alpha value is -1.10. The average Bonchev–Trinajstić information content (AvgIpc) is 3.17. The first-order chi connectivity index (χ1) is 12.4. The van der Waals surface area contributed by atoms with Crippen molar-refractivity contribution in [3.63, 3.8) is 0 Å². The van der Waals surface area contributed by atoms with E-state index in [0.29, 0.717) is 12.1 Å². The van der Waals surface area contributed by atoms with Crippen LogP contribution in [0.2, 0.25) is 0 Å². The fourth-order valence-electron chi connectivity index (χ4n) is 4.55. The van der Waals surface area contributed by atoms with Crippen molar-refractivity contribution in [3.8, 4) is 5.75 Å². The second-order valence-electron chi connectivity index (χ2n) is 7.85. The lowest BCUT2D eigenvalue weighted by Crippen LogP contribution is -2.51. The molecule has 0 radical (unpaired) electrons. The lowest BCUT2D eigenvalue weighted by atomic mass is 10.0. The largest absolute Gasteiger partial charge is 0.490 e. The maximum absolute atomic E-state index is 6.08. The highest BCUT2D eigenvalue weighted by molar-refractivity contribution is 5.27. The van der Waals surface area contributed by atoms with Gasteiger partial charge in [0, 0.05) is 32.2 Å². The molecule has 1 saturated carbocycles. The van der Waals surface area contributed by atoms with E-state index < -0.39 is 0 Å². The maximum Gasteiger partial charge on any atom is 0.119 e. The quantitative estimate of drug-likeness (QED) is 0.818. The first kappa shape index (κ1) is 17.3. The Kier molecular flexibility index (Phi) is 5.90. The number of ether oxygens (including phenoxy) is 2. The molecule has 2 saturated heterocycles. The molecule has 1 aliphatic carbocycles. The summed E-state index contributed by atoms with van der Waals surface area (Å²) in [5, 5.41) is 0. The Morgan fingerprint density at radius 2 is 1.68 bits per heavy atom. The number of likely N-dealkylation sites (tertiary alicyclic amines) is 1. The van der Waals surface area contributed by atoms with Crippen LogP contribution in [0.25, 0.3) is 0 Å². The molecule has 2 aliphatic heterocycles. The van der Waals surface area contributed by atoms with Gasteiger partial charge < -0.3 is 9.47 Å². The van der Waals surface area contributed by atoms with E-state index in [9.17, 15) is 0 Å². The minimum atomic E-state index is 0.447. The summed E-state index contributed by atoms with van der Waals surface area (Å²) in [6, 6.07) is 9.54. The van der Waals surface area contributed by atoms with Crippen LogP contribution in [0.4, 0.5) is 0 Å². The molecule has 4 heteroatoms. The van der Waals surface area contributed by atoms with Gasteiger partial charge >= 0.3 is 0 Å². The Balaban J connectivity index is 1.28. The first-order valence-electron chi connectivity index (χ1n) is 10.2. The number of rotatable bonds is 5. The van der Waals surface area contributed by atoms with E-state index in [0.717, 1.165) is 38.6 Å². The van der Waals surface area contributed by atoms with Crippen LogP contribution in [0, 0.1) is 0 Å². The standard InChI is InChI=1S/C21H32N2O2/c1-2-6-20(5-1)25-21-9-7-18(8-10-21)16-22-11-3-4-19(17-22)23-12-14-24-15-13-23/h7-10,19-20H,1-6,11-17H2/t19-/m1/s1. The van der Waals surface area contributed by atoms with Gasteiger partial charge in [0.25, 0.3) is 0 Å². The molecule has 138 valence electrons. The third-order valence-corrected chi connectivity index (χ3v) is 5.98. The number of piperidine rings is 1. The summed E-state index contributed by atoms with van der Waals surface area (Å²) in [5.41, 5.74) is 1.40. The van der Waals surface area contributed by atoms with Crippen molar-refractivity contribution in [1.82, 2.24) is 9.80 Å². The summed E-state index contributed by atoms with van der Waals surface area (Å²) in [6.07, 6.45) is 8.18. The van der Waals surface area contributed by atoms with Gasteiger partial charge in [-0.2, -0.15) is 0 Å². The smallest absolute Gasteiger partial charge is 0.119 e. The number of morpholine rings is 1. The van der Waals surface area contributed by atoms with Gasteiger partial charge in [-0.25, -0.2) is 0 Å². The van der Waals surface area contributed by atoms with Crippen molar-refractivity contribution in [1.29, 1.82) is 0 Å². The minimum absolute atomic E-state index is 0.447. The zero-order valence-corrected chi connectivity index (χ0v) is 15.4. The highest BCUT2D eigenvalue weighted by Crippen LogP contribution is 2.25. The summed E-state index contributed by atoms with van der Waals surface area (Å²) < 4.78 is 11.6. The van der Waals surface area contributed by atoms with Gasteiger partial charge in [0.1, 0.15) is 5.75 Å². The molecule has 2 heterocycles. The molecule has 0 bridgehead atoms. The fourth-order valence-corrected chi connectivity index (χ4v) is 4.55. The Morgan fingerprint density at radius 3 is 2.44 bits per heavy atom. The first-order valence-corrected chi connectivity index (χ1v) is 10.2. The Morgan fingerprint density at radius 1 is 0.920 bits per heavy atom. The van der Waals surface area contributed by atoms with Crippen molar-refractivity contribution >= 4 is 0 Å². The van der Waals surface area contributed by atoms with Crippen LogP contribution >= 0.6 is 0 Å². The van der Waals surface area contributed by atoms with Crippen LogP contribution in [0.3, 0.4) is 0 Å². The predicted molar refractivity (Wildman–Crippen MR) is 100 cm³/mol. The van der Waals surface area contributed by atoms with E-state index in [1.165, 1.54) is 57.2 Å². The van der Waals surface area contributed by atoms with Crippen LogP contribution in [0.1, 0.15) is 44.1 Å². The second-order valence-corrected chi connectivity index (χ2v) is 7.85. The molecule has 3 aliphatic rings. The zero-order chi connectivity index (χ0) is 16.9. The van der Waals surface area contributed by atoms with Crippen molar-refractivity contribution in [3.05, 3.63) is 29.8 Å². The van der Waals surface area contributed by atoms with E-state index in [1.54, 1.807) is 0 Å². The molecule has 0 N–H and O–H groups in total. The van der Waals surface area contributed by atoms with Crippen LogP contribution in [-0.4, -0.2) is 61.3 Å². The lowest BCUT2D eigenvalue weighted by molar-refractivity contribution is -0.00358. The number of hydrogen-bond acceptors (Lipinski definition) is 4. The van der Waals surface area contributed by atoms with Gasteiger partial charge in [-0.3, -0.25) is 9.80 Å². The van der Waals surface area contributed by atoms with Gasteiger partial charge in [0.05, 0.1) is 19.3 Å². The summed E-state index contributed by atoms with van der Waals surface area (Å²) in [4.78, 5) is 5.25. The SMILES string of the molecule is c1cc(OC2CCCC2)ccc1CN1CCC[C@@H](N2CCOCC2)C1. The molecule has 0 aromatic heterocycles. The molecular formula is C21H32N2O2. The van der Waals surface area contributed by atoms with Crippen LogP contribution < -0.4 is 4.74 Å². The molecule has 1 atom stereocenters. The number of hydrogen-bond donors (Lipinski definition) is 0. The van der Waals surface area contributed by atoms with Gasteiger partial charge in [-0.15, -0.1) is 0 Å². The second kappa shape index (κ2) is 8.52. The van der Waals surface area contributed by atoms with Crippen molar-refractivity contribution < 1.29 is 9.47 Å². The number of benzene rings is 1. The fraction of sp³-hybridized carbons (Fsp3) is 0.714. The molecule has 1 aromatic rings. The van der Waals surface area contributed by atoms with Gasteiger partial charge in [-0.05, 0) is 62.8 Å². The van der Waals surface area contributed by atoms with E-state index in [4.69, 9.17) is 9.47 Å². The topological polar surface area (TPSA) is 24.9 Å². The molecular weight excluding hydrogens is 312 g/mol. The Labute approximate surface area is 152 Å². The molecule has 0 spiro atoms. The summed E-state index contributed by atoms with van der Waals surface area (Å²) in [7, 11) is 0. The zero-order valence-electron chi connectivity index (χ0n) is 15.4. The third-order valence-electron chi connectivity index (χ3n) is 5.98. The van der Waals surface area contributed by atoms with E-state index >= 15 is 0 Å². The predicted octanol–water partition coefficient (Wildman–Crippen LogP) is 3.30. The molecule has 0 amide bonds. The van der Waals surface area contributed by atoms with Gasteiger partial charge in [-0.1, -0.05) is 12.1 Å². The van der Waals surface area contributed by atoms with Crippen molar-refractivity contribution in [2.45, 2.75) is 57.2 Å². The molecule has 3 fully saturated rings. The summed E-state index contributed by atoms with van der Waals surface area (Å²) >= 11 is 0. The molecule has 1 aromatic carbocycles. The Bertz CT molecular complexity index is 521. The normalized spacial score (nSPS) is 26.8. The summed E-state index contributed by atoms with van der Waals surface area (Å²) in [5.74, 6) is 1.04. The summed E-state index contributed by atoms with van der Waals surface area (Å²) in [6.45, 7) is 7.49. The van der Waals surface area contributed by atoms with Crippen LogP contribution in [0.5, 0.6) is 5.75 Å². The number of nitrogens with zero attached hydrogens (tertiary/aromatic N) is 2. The maximum atomic E-state index is 6.08. The average molecular weight is 344 g/mol. The molecule has 4 nitrogen and oxygen atoms in total. The minimum Gasteiger partial charge on any atom is -0.490 e. The monoisotopic (exact) mass is 344 g/mol. The van der Waals surface area contributed by atoms with Crippen LogP contribution in [0.15, 0.2) is 24.3 Å². The van der Waals surface area contributed by atoms with Gasteiger partial charge in [0.15, 0.2) is 0 Å². The van der Waals surface area contributed by atoms with E-state index in [2.05, 4.69) is 34.1 Å². The third kappa shape index (κ3) is 4.75.